The highest BCUT2D eigenvalue weighted by molar-refractivity contribution is 6.39. The zero-order chi connectivity index (χ0) is 16.0. The summed E-state index contributed by atoms with van der Waals surface area (Å²) >= 11 is 0. The average molecular weight is 292 g/mol. The van der Waals surface area contributed by atoms with Gasteiger partial charge in [0.1, 0.15) is 0 Å². The Kier molecular flexibility index (Phi) is 5.46. The minimum absolute atomic E-state index is 0.0982. The van der Waals surface area contributed by atoms with Gasteiger partial charge < -0.3 is 15.7 Å². The van der Waals surface area contributed by atoms with Crippen LogP contribution in [0.5, 0.6) is 0 Å². The fraction of sp³-hybridized carbons (Fsp3) is 0.400. The maximum Gasteiger partial charge on any atom is 0.313 e. The fourth-order valence-electron chi connectivity index (χ4n) is 1.53. The van der Waals surface area contributed by atoms with E-state index < -0.39 is 23.2 Å². The number of rotatable bonds is 5. The standard InChI is InChI=1S/C15H20N2O4/c1-4-15(3,14(20)21)9-16-12(18)13(19)17-11-7-5-10(2)6-8-11/h5-8H,4,9H2,1-3H3,(H,16,18)(H,17,19)(H,20,21). The van der Waals surface area contributed by atoms with Crippen LogP contribution in [-0.4, -0.2) is 29.4 Å². The van der Waals surface area contributed by atoms with Gasteiger partial charge in [-0.15, -0.1) is 0 Å². The number of amides is 2. The van der Waals surface area contributed by atoms with E-state index in [0.717, 1.165) is 5.56 Å². The molecule has 0 bridgehead atoms. The minimum atomic E-state index is -1.08. The summed E-state index contributed by atoms with van der Waals surface area (Å²) < 4.78 is 0. The highest BCUT2D eigenvalue weighted by Crippen LogP contribution is 2.19. The van der Waals surface area contributed by atoms with Gasteiger partial charge in [0, 0.05) is 12.2 Å². The summed E-state index contributed by atoms with van der Waals surface area (Å²) in [6.45, 7) is 5.05. The van der Waals surface area contributed by atoms with Crippen molar-refractivity contribution in [3.05, 3.63) is 29.8 Å². The Labute approximate surface area is 123 Å². The first-order valence-corrected chi connectivity index (χ1v) is 6.68. The number of aliphatic carboxylic acids is 1. The molecule has 0 spiro atoms. The molecular formula is C15H20N2O4. The summed E-state index contributed by atoms with van der Waals surface area (Å²) in [7, 11) is 0. The van der Waals surface area contributed by atoms with Crippen LogP contribution in [-0.2, 0) is 14.4 Å². The zero-order valence-corrected chi connectivity index (χ0v) is 12.4. The number of carboxylic acid groups (broad SMARTS) is 1. The molecule has 0 saturated heterocycles. The molecule has 6 heteroatoms. The SMILES string of the molecule is CCC(C)(CNC(=O)C(=O)Nc1ccc(C)cc1)C(=O)O. The van der Waals surface area contributed by atoms with Crippen molar-refractivity contribution in [2.24, 2.45) is 5.41 Å². The van der Waals surface area contributed by atoms with Crippen LogP contribution in [0, 0.1) is 12.3 Å². The van der Waals surface area contributed by atoms with Gasteiger partial charge in [-0.25, -0.2) is 0 Å². The molecule has 114 valence electrons. The van der Waals surface area contributed by atoms with E-state index >= 15 is 0 Å². The molecule has 2 amide bonds. The van der Waals surface area contributed by atoms with E-state index in [1.807, 2.05) is 19.1 Å². The molecule has 0 fully saturated rings. The normalized spacial score (nSPS) is 13.1. The molecule has 21 heavy (non-hydrogen) atoms. The molecule has 1 unspecified atom stereocenters. The smallest absolute Gasteiger partial charge is 0.313 e. The summed E-state index contributed by atoms with van der Waals surface area (Å²) in [6.07, 6.45) is 0.349. The largest absolute Gasteiger partial charge is 0.481 e. The van der Waals surface area contributed by atoms with Gasteiger partial charge in [-0.1, -0.05) is 24.6 Å². The summed E-state index contributed by atoms with van der Waals surface area (Å²) in [5.41, 5.74) is 0.467. The van der Waals surface area contributed by atoms with Crippen molar-refractivity contribution >= 4 is 23.5 Å². The van der Waals surface area contributed by atoms with Crippen LogP contribution < -0.4 is 10.6 Å². The van der Waals surface area contributed by atoms with Gasteiger partial charge in [0.2, 0.25) is 0 Å². The predicted molar refractivity (Wildman–Crippen MR) is 78.9 cm³/mol. The van der Waals surface area contributed by atoms with E-state index in [0.29, 0.717) is 12.1 Å². The maximum absolute atomic E-state index is 11.7. The Morgan fingerprint density at radius 3 is 2.19 bits per heavy atom. The highest BCUT2D eigenvalue weighted by atomic mass is 16.4. The molecule has 0 aliphatic rings. The lowest BCUT2D eigenvalue weighted by Gasteiger charge is -2.22. The first-order valence-electron chi connectivity index (χ1n) is 6.68. The number of nitrogens with one attached hydrogen (secondary N) is 2. The lowest BCUT2D eigenvalue weighted by Crippen LogP contribution is -2.44. The van der Waals surface area contributed by atoms with Crippen molar-refractivity contribution in [3.8, 4) is 0 Å². The quantitative estimate of drug-likeness (QED) is 0.717. The first-order chi connectivity index (χ1) is 9.78. The molecule has 0 saturated carbocycles. The van der Waals surface area contributed by atoms with Crippen molar-refractivity contribution in [1.29, 1.82) is 0 Å². The number of hydrogen-bond donors (Lipinski definition) is 3. The fourth-order valence-corrected chi connectivity index (χ4v) is 1.53. The lowest BCUT2D eigenvalue weighted by molar-refractivity contribution is -0.148. The Balaban J connectivity index is 2.57. The number of aryl methyl sites for hydroxylation is 1. The Hall–Kier alpha value is -2.37. The van der Waals surface area contributed by atoms with Gasteiger partial charge in [0.15, 0.2) is 0 Å². The van der Waals surface area contributed by atoms with Gasteiger partial charge in [-0.2, -0.15) is 0 Å². The molecule has 1 rings (SSSR count). The van der Waals surface area contributed by atoms with Crippen molar-refractivity contribution < 1.29 is 19.5 Å². The van der Waals surface area contributed by atoms with Crippen molar-refractivity contribution in [1.82, 2.24) is 5.32 Å². The monoisotopic (exact) mass is 292 g/mol. The van der Waals surface area contributed by atoms with Gasteiger partial charge in [-0.05, 0) is 32.4 Å². The number of anilines is 1. The Morgan fingerprint density at radius 2 is 1.71 bits per heavy atom. The van der Waals surface area contributed by atoms with Crippen LogP contribution in [0.15, 0.2) is 24.3 Å². The lowest BCUT2D eigenvalue weighted by atomic mass is 9.88. The topological polar surface area (TPSA) is 95.5 Å². The number of carboxylic acids is 1. The van der Waals surface area contributed by atoms with Crippen molar-refractivity contribution in [3.63, 3.8) is 0 Å². The maximum atomic E-state index is 11.7. The van der Waals surface area contributed by atoms with Crippen LogP contribution >= 0.6 is 0 Å². The third-order valence-corrected chi connectivity index (χ3v) is 3.45. The molecule has 3 N–H and O–H groups in total. The second-order valence-electron chi connectivity index (χ2n) is 5.22. The molecule has 1 aromatic rings. The molecule has 6 nitrogen and oxygen atoms in total. The van der Waals surface area contributed by atoms with E-state index in [1.165, 1.54) is 6.92 Å². The number of benzene rings is 1. The van der Waals surface area contributed by atoms with Gasteiger partial charge in [-0.3, -0.25) is 14.4 Å². The average Bonchev–Trinajstić information content (AvgIpc) is 2.46. The van der Waals surface area contributed by atoms with E-state index in [-0.39, 0.29) is 6.54 Å². The van der Waals surface area contributed by atoms with Crippen LogP contribution in [0.4, 0.5) is 5.69 Å². The molecule has 1 atom stereocenters. The molecule has 0 aliphatic carbocycles. The van der Waals surface area contributed by atoms with Crippen molar-refractivity contribution in [2.45, 2.75) is 27.2 Å². The minimum Gasteiger partial charge on any atom is -0.481 e. The number of carbonyl (C=O) groups is 3. The highest BCUT2D eigenvalue weighted by Gasteiger charge is 2.32. The second-order valence-corrected chi connectivity index (χ2v) is 5.22. The number of carbonyl (C=O) groups excluding carboxylic acids is 2. The van der Waals surface area contributed by atoms with Crippen LogP contribution in [0.2, 0.25) is 0 Å². The summed E-state index contributed by atoms with van der Waals surface area (Å²) in [6, 6.07) is 7.00. The van der Waals surface area contributed by atoms with Crippen LogP contribution in [0.1, 0.15) is 25.8 Å². The number of hydrogen-bond acceptors (Lipinski definition) is 3. The first kappa shape index (κ1) is 16.7. The van der Waals surface area contributed by atoms with Gasteiger partial charge >= 0.3 is 17.8 Å². The molecule has 0 heterocycles. The third-order valence-electron chi connectivity index (χ3n) is 3.45. The van der Waals surface area contributed by atoms with Crippen LogP contribution in [0.3, 0.4) is 0 Å². The molecular weight excluding hydrogens is 272 g/mol. The molecule has 1 aromatic carbocycles. The van der Waals surface area contributed by atoms with Crippen LogP contribution in [0.25, 0.3) is 0 Å². The van der Waals surface area contributed by atoms with E-state index in [4.69, 9.17) is 5.11 Å². The summed E-state index contributed by atoms with van der Waals surface area (Å²) in [5, 5.41) is 13.9. The molecule has 0 aliphatic heterocycles. The molecule has 0 aromatic heterocycles. The Morgan fingerprint density at radius 1 is 1.14 bits per heavy atom. The van der Waals surface area contributed by atoms with Gasteiger partial charge in [0.05, 0.1) is 5.41 Å². The zero-order valence-electron chi connectivity index (χ0n) is 12.4. The summed E-state index contributed by atoms with van der Waals surface area (Å²) in [4.78, 5) is 34.5. The Bertz CT molecular complexity index is 539. The summed E-state index contributed by atoms with van der Waals surface area (Å²) in [5.74, 6) is -2.68. The van der Waals surface area contributed by atoms with E-state index in [2.05, 4.69) is 10.6 Å². The van der Waals surface area contributed by atoms with E-state index in [1.54, 1.807) is 19.1 Å². The van der Waals surface area contributed by atoms with Gasteiger partial charge in [0.25, 0.3) is 0 Å². The molecule has 0 radical (unpaired) electrons. The van der Waals surface area contributed by atoms with Crippen molar-refractivity contribution in [2.75, 3.05) is 11.9 Å². The predicted octanol–water partition coefficient (Wildman–Crippen LogP) is 1.55. The third kappa shape index (κ3) is 4.59. The van der Waals surface area contributed by atoms with E-state index in [9.17, 15) is 14.4 Å². The second kappa shape index (κ2) is 6.88.